The van der Waals surface area contributed by atoms with Gasteiger partial charge >= 0.3 is 6.18 Å². The van der Waals surface area contributed by atoms with E-state index in [1.165, 1.54) is 11.0 Å². The smallest absolute Gasteiger partial charge is 0.320 e. The molecule has 1 amide bonds. The van der Waals surface area contributed by atoms with Gasteiger partial charge in [-0.05, 0) is 85.9 Å². The number of benzene rings is 2. The summed E-state index contributed by atoms with van der Waals surface area (Å²) in [5.41, 5.74) is 1.19. The topological polar surface area (TPSA) is 63.1 Å². The summed E-state index contributed by atoms with van der Waals surface area (Å²) >= 11 is 0. The molecule has 2 aliphatic carbocycles. The van der Waals surface area contributed by atoms with E-state index in [-0.39, 0.29) is 30.1 Å². The molecular formula is C30H36F3N5O. The lowest BCUT2D eigenvalue weighted by Gasteiger charge is -2.47. The van der Waals surface area contributed by atoms with E-state index in [1.807, 2.05) is 29.8 Å². The van der Waals surface area contributed by atoms with Gasteiger partial charge in [0.05, 0.1) is 17.5 Å². The molecule has 6 nitrogen and oxygen atoms in total. The van der Waals surface area contributed by atoms with Gasteiger partial charge in [0.15, 0.2) is 0 Å². The van der Waals surface area contributed by atoms with Crippen LogP contribution in [-0.2, 0) is 31.7 Å². The Morgan fingerprint density at radius 1 is 1.18 bits per heavy atom. The monoisotopic (exact) mass is 539 g/mol. The highest BCUT2D eigenvalue weighted by molar-refractivity contribution is 6.10. The third-order valence-corrected chi connectivity index (χ3v) is 9.28. The van der Waals surface area contributed by atoms with Gasteiger partial charge in [-0.15, -0.1) is 10.2 Å². The standard InChI is InChI=1S/C30H34F3N5O.H2/c1-4-19-14-29(15-19,27-36-35-18-37(27)3)21-7-5-8-22(13-21)38-17-24-23(26(38)39)11-20(12-25(24)30(31,32)33)16-34-28(2)9-6-10-28;/h5,7-8,11-13,18-19,34H,4,6,9-10,14-17H2,1-3H3;1H. The first kappa shape index (κ1) is 26.0. The van der Waals surface area contributed by atoms with Gasteiger partial charge in [-0.25, -0.2) is 0 Å². The molecule has 0 bridgehead atoms. The first-order valence-electron chi connectivity index (χ1n) is 13.8. The van der Waals surface area contributed by atoms with Crippen LogP contribution >= 0.6 is 0 Å². The van der Waals surface area contributed by atoms with Crippen molar-refractivity contribution in [1.29, 1.82) is 0 Å². The average Bonchev–Trinajstić information content (AvgIpc) is 3.44. The third-order valence-electron chi connectivity index (χ3n) is 9.28. The highest BCUT2D eigenvalue weighted by Gasteiger charge is 2.49. The Hall–Kier alpha value is -3.20. The fraction of sp³-hybridized carbons (Fsp3) is 0.500. The van der Waals surface area contributed by atoms with Crippen molar-refractivity contribution in [1.82, 2.24) is 20.1 Å². The molecule has 39 heavy (non-hydrogen) atoms. The largest absolute Gasteiger partial charge is 0.416 e. The van der Waals surface area contributed by atoms with E-state index in [0.29, 0.717) is 23.7 Å². The maximum Gasteiger partial charge on any atom is 0.416 e. The molecule has 1 aliphatic heterocycles. The van der Waals surface area contributed by atoms with Gasteiger partial charge < -0.3 is 14.8 Å². The van der Waals surface area contributed by atoms with Crippen LogP contribution in [0.5, 0.6) is 0 Å². The number of hydrogen-bond acceptors (Lipinski definition) is 4. The van der Waals surface area contributed by atoms with Gasteiger partial charge in [0, 0.05) is 31.8 Å². The molecular weight excluding hydrogens is 503 g/mol. The Balaban J connectivity index is 0.00000323. The normalized spacial score (nSPS) is 23.9. The van der Waals surface area contributed by atoms with E-state index >= 15 is 0 Å². The number of carbonyl (C=O) groups excluding carboxylic acids is 1. The van der Waals surface area contributed by atoms with Crippen molar-refractivity contribution in [3.05, 3.63) is 76.4 Å². The molecule has 0 saturated heterocycles. The van der Waals surface area contributed by atoms with E-state index in [9.17, 15) is 18.0 Å². The molecule has 1 aromatic heterocycles. The molecule has 1 N–H and O–H groups in total. The predicted octanol–water partition coefficient (Wildman–Crippen LogP) is 6.38. The summed E-state index contributed by atoms with van der Waals surface area (Å²) in [5.74, 6) is 1.04. The van der Waals surface area contributed by atoms with Crippen LogP contribution in [0.25, 0.3) is 0 Å². The first-order chi connectivity index (χ1) is 18.5. The highest BCUT2D eigenvalue weighted by Crippen LogP contribution is 2.53. The van der Waals surface area contributed by atoms with Crippen LogP contribution in [0.3, 0.4) is 0 Å². The molecule has 0 radical (unpaired) electrons. The first-order valence-corrected chi connectivity index (χ1v) is 13.8. The number of amides is 1. The average molecular weight is 540 g/mol. The van der Waals surface area contributed by atoms with Crippen molar-refractivity contribution in [3.8, 4) is 0 Å². The Morgan fingerprint density at radius 2 is 1.95 bits per heavy atom. The SMILES string of the molecule is CCC1CC(c2cccc(N3Cc4c(cc(CNC5(C)CCC5)cc4C(F)(F)F)C3=O)c2)(c2nncn2C)C1.[HH]. The Kier molecular flexibility index (Phi) is 6.13. The van der Waals surface area contributed by atoms with Gasteiger partial charge in [-0.1, -0.05) is 25.5 Å². The van der Waals surface area contributed by atoms with Gasteiger partial charge in [0.2, 0.25) is 0 Å². The van der Waals surface area contributed by atoms with Crippen molar-refractivity contribution in [3.63, 3.8) is 0 Å². The molecule has 0 atom stereocenters. The number of alkyl halides is 3. The van der Waals surface area contributed by atoms with Crippen LogP contribution in [0.4, 0.5) is 18.9 Å². The van der Waals surface area contributed by atoms with E-state index in [0.717, 1.165) is 49.9 Å². The molecule has 9 heteroatoms. The maximum absolute atomic E-state index is 14.2. The number of aryl methyl sites for hydroxylation is 1. The maximum atomic E-state index is 14.2. The zero-order valence-electron chi connectivity index (χ0n) is 22.6. The predicted molar refractivity (Wildman–Crippen MR) is 144 cm³/mol. The summed E-state index contributed by atoms with van der Waals surface area (Å²) in [6.07, 6.45) is 3.17. The molecule has 2 fully saturated rings. The number of halogens is 3. The van der Waals surface area contributed by atoms with Gasteiger partial charge in [-0.2, -0.15) is 13.2 Å². The van der Waals surface area contributed by atoms with Crippen LogP contribution < -0.4 is 10.2 Å². The molecule has 2 aromatic carbocycles. The number of fused-ring (bicyclic) bond motifs is 1. The Morgan fingerprint density at radius 3 is 2.56 bits per heavy atom. The van der Waals surface area contributed by atoms with Crippen molar-refractivity contribution in [2.75, 3.05) is 4.90 Å². The second kappa shape index (κ2) is 9.18. The third kappa shape index (κ3) is 4.35. The quantitative estimate of drug-likeness (QED) is 0.379. The van der Waals surface area contributed by atoms with Gasteiger partial charge in [0.1, 0.15) is 12.2 Å². The molecule has 0 unspecified atom stereocenters. The number of carbonyl (C=O) groups is 1. The minimum absolute atomic E-state index is 0. The lowest BCUT2D eigenvalue weighted by Crippen LogP contribution is -2.47. The number of anilines is 1. The summed E-state index contributed by atoms with van der Waals surface area (Å²) in [6.45, 7) is 4.46. The van der Waals surface area contributed by atoms with Crippen molar-refractivity contribution >= 4 is 11.6 Å². The van der Waals surface area contributed by atoms with E-state index in [1.54, 1.807) is 18.5 Å². The van der Waals surface area contributed by atoms with Gasteiger partial charge in [-0.3, -0.25) is 4.79 Å². The van der Waals surface area contributed by atoms with Crippen LogP contribution in [0.15, 0.2) is 42.7 Å². The highest BCUT2D eigenvalue weighted by atomic mass is 19.4. The van der Waals surface area contributed by atoms with Crippen LogP contribution in [0, 0.1) is 5.92 Å². The fourth-order valence-electron chi connectivity index (χ4n) is 6.68. The second-order valence-electron chi connectivity index (χ2n) is 11.9. The van der Waals surface area contributed by atoms with Crippen molar-refractivity contribution in [2.45, 2.75) is 82.6 Å². The molecule has 3 aromatic rings. The number of aromatic nitrogens is 3. The lowest BCUT2D eigenvalue weighted by atomic mass is 9.57. The number of rotatable bonds is 7. The summed E-state index contributed by atoms with van der Waals surface area (Å²) in [5, 5.41) is 11.9. The molecule has 2 heterocycles. The number of hydrogen-bond donors (Lipinski definition) is 1. The lowest BCUT2D eigenvalue weighted by molar-refractivity contribution is -0.138. The molecule has 0 spiro atoms. The summed E-state index contributed by atoms with van der Waals surface area (Å²) in [6, 6.07) is 10.5. The molecule has 3 aliphatic rings. The van der Waals surface area contributed by atoms with E-state index in [4.69, 9.17) is 0 Å². The summed E-state index contributed by atoms with van der Waals surface area (Å²) in [4.78, 5) is 15.1. The molecule has 208 valence electrons. The molecule has 6 rings (SSSR count). The summed E-state index contributed by atoms with van der Waals surface area (Å²) in [7, 11) is 1.93. The zero-order valence-corrected chi connectivity index (χ0v) is 22.6. The van der Waals surface area contributed by atoms with E-state index in [2.05, 4.69) is 29.4 Å². The van der Waals surface area contributed by atoms with Crippen LogP contribution in [-0.4, -0.2) is 26.2 Å². The van der Waals surface area contributed by atoms with Crippen LogP contribution in [0.2, 0.25) is 0 Å². The van der Waals surface area contributed by atoms with E-state index < -0.39 is 17.6 Å². The Labute approximate surface area is 228 Å². The number of nitrogens with zero attached hydrogens (tertiary/aromatic N) is 4. The second-order valence-corrected chi connectivity index (χ2v) is 11.9. The minimum atomic E-state index is -4.55. The zero-order chi connectivity index (χ0) is 27.6. The fourth-order valence-corrected chi connectivity index (χ4v) is 6.68. The number of nitrogens with one attached hydrogen (secondary N) is 1. The van der Waals surface area contributed by atoms with Crippen molar-refractivity contribution < 1.29 is 19.4 Å². The van der Waals surface area contributed by atoms with Crippen LogP contribution in [0.1, 0.15) is 92.2 Å². The van der Waals surface area contributed by atoms with Crippen molar-refractivity contribution in [2.24, 2.45) is 13.0 Å². The van der Waals surface area contributed by atoms with Gasteiger partial charge in [0.25, 0.3) is 5.91 Å². The minimum Gasteiger partial charge on any atom is -0.320 e. The summed E-state index contributed by atoms with van der Waals surface area (Å²) < 4.78 is 44.5. The Bertz CT molecular complexity index is 1420. The molecule has 2 saturated carbocycles.